The lowest BCUT2D eigenvalue weighted by Gasteiger charge is -2.25. The van der Waals surface area contributed by atoms with Crippen LogP contribution in [-0.4, -0.2) is 21.6 Å². The molecule has 0 aromatic heterocycles. The number of anilines is 1. The van der Waals surface area contributed by atoms with E-state index in [4.69, 9.17) is 4.74 Å². The van der Waals surface area contributed by atoms with E-state index >= 15 is 0 Å². The number of sulfonamides is 1. The highest BCUT2D eigenvalue weighted by Gasteiger charge is 2.37. The number of para-hydroxylation sites is 1. The smallest absolute Gasteiger partial charge is 0.268 e. The van der Waals surface area contributed by atoms with Crippen LogP contribution in [0.4, 0.5) is 5.69 Å². The van der Waals surface area contributed by atoms with Gasteiger partial charge in [0.1, 0.15) is 10.6 Å². The second-order valence-electron chi connectivity index (χ2n) is 5.28. The molecule has 0 bridgehead atoms. The van der Waals surface area contributed by atoms with Crippen molar-refractivity contribution >= 4 is 31.6 Å². The van der Waals surface area contributed by atoms with Gasteiger partial charge < -0.3 is 4.74 Å². The molecule has 0 saturated carbocycles. The topological polar surface area (TPSA) is 46.6 Å². The molecule has 1 aliphatic heterocycles. The van der Waals surface area contributed by atoms with E-state index in [1.807, 2.05) is 31.2 Å². The molecule has 0 amide bonds. The number of halogens is 1. The van der Waals surface area contributed by atoms with Crippen LogP contribution in [0, 0.1) is 0 Å². The minimum Gasteiger partial charge on any atom is -0.495 e. The molecule has 22 heavy (non-hydrogen) atoms. The van der Waals surface area contributed by atoms with Gasteiger partial charge in [-0.3, -0.25) is 4.31 Å². The summed E-state index contributed by atoms with van der Waals surface area (Å²) in [6, 6.07) is 12.5. The maximum atomic E-state index is 13.2. The van der Waals surface area contributed by atoms with E-state index in [9.17, 15) is 8.42 Å². The molecule has 2 aromatic carbocycles. The molecule has 0 radical (unpaired) electrons. The van der Waals surface area contributed by atoms with Crippen molar-refractivity contribution in [2.75, 3.05) is 11.4 Å². The zero-order valence-electron chi connectivity index (χ0n) is 12.3. The van der Waals surface area contributed by atoms with E-state index in [-0.39, 0.29) is 10.9 Å². The van der Waals surface area contributed by atoms with Gasteiger partial charge in [0, 0.05) is 10.5 Å². The first kappa shape index (κ1) is 15.4. The predicted molar refractivity (Wildman–Crippen MR) is 90.0 cm³/mol. The Morgan fingerprint density at radius 1 is 1.23 bits per heavy atom. The average Bonchev–Trinajstić information content (AvgIpc) is 2.83. The molecule has 3 rings (SSSR count). The molecule has 0 aliphatic carbocycles. The van der Waals surface area contributed by atoms with Gasteiger partial charge in [-0.05, 0) is 43.2 Å². The maximum absolute atomic E-state index is 13.2. The summed E-state index contributed by atoms with van der Waals surface area (Å²) in [5.41, 5.74) is 1.80. The minimum atomic E-state index is -3.69. The molecular weight excluding hydrogens is 366 g/mol. The Bertz CT molecular complexity index is 820. The molecule has 1 atom stereocenters. The van der Waals surface area contributed by atoms with E-state index in [1.165, 1.54) is 11.4 Å². The highest BCUT2D eigenvalue weighted by molar-refractivity contribution is 9.10. The Hall–Kier alpha value is -1.53. The summed E-state index contributed by atoms with van der Waals surface area (Å²) in [5.74, 6) is 0.347. The Morgan fingerprint density at radius 3 is 2.68 bits per heavy atom. The monoisotopic (exact) mass is 381 g/mol. The third kappa shape index (κ3) is 2.40. The maximum Gasteiger partial charge on any atom is 0.268 e. The van der Waals surface area contributed by atoms with Crippen molar-refractivity contribution in [3.63, 3.8) is 0 Å². The first-order chi connectivity index (χ1) is 10.4. The van der Waals surface area contributed by atoms with Crippen molar-refractivity contribution in [3.05, 3.63) is 52.5 Å². The number of hydrogen-bond donors (Lipinski definition) is 0. The van der Waals surface area contributed by atoms with Gasteiger partial charge in [-0.2, -0.15) is 0 Å². The number of ether oxygens (including phenoxy) is 1. The van der Waals surface area contributed by atoms with Crippen molar-refractivity contribution < 1.29 is 13.2 Å². The summed E-state index contributed by atoms with van der Waals surface area (Å²) in [7, 11) is -2.21. The number of fused-ring (bicyclic) bond motifs is 1. The van der Waals surface area contributed by atoms with Crippen molar-refractivity contribution in [1.29, 1.82) is 0 Å². The summed E-state index contributed by atoms with van der Waals surface area (Å²) in [6.07, 6.45) is 0.714. The Balaban J connectivity index is 2.17. The number of rotatable bonds is 3. The minimum absolute atomic E-state index is 0.119. The second-order valence-corrected chi connectivity index (χ2v) is 7.98. The van der Waals surface area contributed by atoms with Crippen molar-refractivity contribution in [1.82, 2.24) is 0 Å². The summed E-state index contributed by atoms with van der Waals surface area (Å²) in [6.45, 7) is 1.92. The van der Waals surface area contributed by atoms with Crippen LogP contribution < -0.4 is 9.04 Å². The molecule has 0 unspecified atom stereocenters. The van der Waals surface area contributed by atoms with Crippen LogP contribution in [0.25, 0.3) is 0 Å². The molecule has 1 heterocycles. The Kier molecular flexibility index (Phi) is 3.91. The molecular formula is C16H16BrNO3S. The van der Waals surface area contributed by atoms with Crippen LogP contribution in [0.2, 0.25) is 0 Å². The molecule has 0 spiro atoms. The molecule has 1 aliphatic rings. The standard InChI is InChI=1S/C16H16BrNO3S/c1-11-9-12-5-3-4-6-14(12)18(11)22(19,20)16-10-13(17)7-8-15(16)21-2/h3-8,10-11H,9H2,1-2H3/t11-/m1/s1. The number of methoxy groups -OCH3 is 1. The normalized spacial score (nSPS) is 17.4. The van der Waals surface area contributed by atoms with Gasteiger partial charge in [0.25, 0.3) is 10.0 Å². The zero-order chi connectivity index (χ0) is 15.9. The van der Waals surface area contributed by atoms with E-state index in [0.717, 1.165) is 11.3 Å². The van der Waals surface area contributed by atoms with E-state index in [2.05, 4.69) is 15.9 Å². The van der Waals surface area contributed by atoms with E-state index < -0.39 is 10.0 Å². The quantitative estimate of drug-likeness (QED) is 0.815. The summed E-state index contributed by atoms with van der Waals surface area (Å²) in [5, 5.41) is 0. The van der Waals surface area contributed by atoms with E-state index in [0.29, 0.717) is 16.6 Å². The molecule has 2 aromatic rings. The highest BCUT2D eigenvalue weighted by Crippen LogP contribution is 2.39. The van der Waals surface area contributed by atoms with Gasteiger partial charge in [0.05, 0.1) is 12.8 Å². The van der Waals surface area contributed by atoms with Crippen LogP contribution in [-0.2, 0) is 16.4 Å². The Morgan fingerprint density at radius 2 is 1.95 bits per heavy atom. The van der Waals surface area contributed by atoms with Crippen molar-refractivity contribution in [3.8, 4) is 5.75 Å². The van der Waals surface area contributed by atoms with Gasteiger partial charge in [0.2, 0.25) is 0 Å². The van der Waals surface area contributed by atoms with Crippen LogP contribution in [0.5, 0.6) is 5.75 Å². The summed E-state index contributed by atoms with van der Waals surface area (Å²) < 4.78 is 33.8. The fourth-order valence-electron chi connectivity index (χ4n) is 2.86. The molecule has 4 nitrogen and oxygen atoms in total. The SMILES string of the molecule is COc1ccc(Br)cc1S(=O)(=O)N1c2ccccc2C[C@H]1C. The fourth-order valence-corrected chi connectivity index (χ4v) is 5.25. The molecule has 6 heteroatoms. The third-order valence-electron chi connectivity index (χ3n) is 3.81. The number of nitrogens with zero attached hydrogens (tertiary/aromatic N) is 1. The molecule has 0 fully saturated rings. The van der Waals surface area contributed by atoms with Crippen molar-refractivity contribution in [2.45, 2.75) is 24.3 Å². The first-order valence-electron chi connectivity index (χ1n) is 6.91. The summed E-state index contributed by atoms with van der Waals surface area (Å²) in [4.78, 5) is 0.174. The van der Waals surface area contributed by atoms with Crippen molar-refractivity contribution in [2.24, 2.45) is 0 Å². The van der Waals surface area contributed by atoms with Gasteiger partial charge in [-0.25, -0.2) is 8.42 Å². The zero-order valence-corrected chi connectivity index (χ0v) is 14.7. The Labute approximate surface area is 138 Å². The lowest BCUT2D eigenvalue weighted by Crippen LogP contribution is -2.35. The van der Waals surface area contributed by atoms with Crippen LogP contribution in [0.3, 0.4) is 0 Å². The largest absolute Gasteiger partial charge is 0.495 e. The van der Waals surface area contributed by atoms with Crippen LogP contribution in [0.1, 0.15) is 12.5 Å². The predicted octanol–water partition coefficient (Wildman–Crippen LogP) is 3.60. The molecule has 0 saturated heterocycles. The lowest BCUT2D eigenvalue weighted by atomic mass is 10.1. The van der Waals surface area contributed by atoms with Gasteiger partial charge in [0.15, 0.2) is 0 Å². The molecule has 0 N–H and O–H groups in total. The molecule has 116 valence electrons. The average molecular weight is 382 g/mol. The first-order valence-corrected chi connectivity index (χ1v) is 9.14. The van der Waals surface area contributed by atoms with Gasteiger partial charge in [-0.1, -0.05) is 34.1 Å². The third-order valence-corrected chi connectivity index (χ3v) is 6.25. The van der Waals surface area contributed by atoms with E-state index in [1.54, 1.807) is 18.2 Å². The number of hydrogen-bond acceptors (Lipinski definition) is 3. The van der Waals surface area contributed by atoms with Gasteiger partial charge in [-0.15, -0.1) is 0 Å². The summed E-state index contributed by atoms with van der Waals surface area (Å²) >= 11 is 3.33. The van der Waals surface area contributed by atoms with Gasteiger partial charge >= 0.3 is 0 Å². The second kappa shape index (κ2) is 5.59. The van der Waals surface area contributed by atoms with Crippen LogP contribution >= 0.6 is 15.9 Å². The lowest BCUT2D eigenvalue weighted by molar-refractivity contribution is 0.402. The number of benzene rings is 2. The highest BCUT2D eigenvalue weighted by atomic mass is 79.9. The fraction of sp³-hybridized carbons (Fsp3) is 0.250. The van der Waals surface area contributed by atoms with Crippen LogP contribution in [0.15, 0.2) is 51.8 Å².